The Morgan fingerprint density at radius 3 is 2.45 bits per heavy atom. The average Bonchev–Trinajstić information content (AvgIpc) is 2.91. The molecule has 2 atom stereocenters. The summed E-state index contributed by atoms with van der Waals surface area (Å²) in [5.74, 6) is 0.220. The molecule has 0 aliphatic heterocycles. The van der Waals surface area contributed by atoms with Crippen LogP contribution in [0.25, 0.3) is 0 Å². The number of methoxy groups -OCH3 is 1. The average molecular weight is 284 g/mol. The van der Waals surface area contributed by atoms with E-state index in [2.05, 4.69) is 10.6 Å². The summed E-state index contributed by atoms with van der Waals surface area (Å²) in [6.07, 6.45) is 5.40. The first-order valence-electron chi connectivity index (χ1n) is 7.65. The largest absolute Gasteiger partial charge is 0.383 e. The topological polar surface area (TPSA) is 67.4 Å². The molecule has 116 valence electrons. The highest BCUT2D eigenvalue weighted by atomic mass is 16.5. The Kier molecular flexibility index (Phi) is 7.59. The van der Waals surface area contributed by atoms with Crippen LogP contribution in [-0.4, -0.2) is 37.6 Å². The fourth-order valence-corrected chi connectivity index (χ4v) is 2.63. The molecular formula is C15H28N2O3. The summed E-state index contributed by atoms with van der Waals surface area (Å²) in [5, 5.41) is 5.87. The smallest absolute Gasteiger partial charge is 0.223 e. The molecule has 1 rings (SSSR count). The Morgan fingerprint density at radius 2 is 1.90 bits per heavy atom. The zero-order valence-corrected chi connectivity index (χ0v) is 12.9. The third-order valence-electron chi connectivity index (χ3n) is 3.83. The van der Waals surface area contributed by atoms with E-state index in [1.54, 1.807) is 7.11 Å². The fraction of sp³-hybridized carbons (Fsp3) is 0.867. The van der Waals surface area contributed by atoms with Crippen molar-refractivity contribution in [3.05, 3.63) is 0 Å². The molecule has 1 aliphatic carbocycles. The molecular weight excluding hydrogens is 256 g/mol. The first kappa shape index (κ1) is 17.0. The van der Waals surface area contributed by atoms with Crippen molar-refractivity contribution in [1.29, 1.82) is 0 Å². The number of hydrogen-bond donors (Lipinski definition) is 2. The molecule has 0 unspecified atom stereocenters. The van der Waals surface area contributed by atoms with Gasteiger partial charge in [-0.3, -0.25) is 9.59 Å². The van der Waals surface area contributed by atoms with Gasteiger partial charge in [-0.2, -0.15) is 0 Å². The third kappa shape index (κ3) is 5.90. The van der Waals surface area contributed by atoms with Gasteiger partial charge in [0, 0.05) is 25.5 Å². The minimum Gasteiger partial charge on any atom is -0.383 e. The van der Waals surface area contributed by atoms with E-state index in [9.17, 15) is 9.59 Å². The lowest BCUT2D eigenvalue weighted by Gasteiger charge is -2.19. The number of carbonyl (C=O) groups excluding carboxylic acids is 2. The minimum atomic E-state index is -0.122. The second-order valence-electron chi connectivity index (χ2n) is 5.72. The van der Waals surface area contributed by atoms with E-state index < -0.39 is 0 Å². The van der Waals surface area contributed by atoms with Gasteiger partial charge < -0.3 is 15.4 Å². The highest BCUT2D eigenvalue weighted by Crippen LogP contribution is 2.24. The maximum absolute atomic E-state index is 12.0. The molecule has 0 aromatic heterocycles. The summed E-state index contributed by atoms with van der Waals surface area (Å²) in [6, 6.07) is -0.0756. The summed E-state index contributed by atoms with van der Waals surface area (Å²) < 4.78 is 5.05. The van der Waals surface area contributed by atoms with E-state index in [-0.39, 0.29) is 29.8 Å². The van der Waals surface area contributed by atoms with E-state index in [1.807, 2.05) is 13.8 Å². The van der Waals surface area contributed by atoms with E-state index in [0.717, 1.165) is 32.1 Å². The van der Waals surface area contributed by atoms with Crippen molar-refractivity contribution in [3.63, 3.8) is 0 Å². The molecule has 20 heavy (non-hydrogen) atoms. The van der Waals surface area contributed by atoms with Crippen molar-refractivity contribution in [2.75, 3.05) is 13.7 Å². The molecule has 0 bridgehead atoms. The van der Waals surface area contributed by atoms with E-state index >= 15 is 0 Å². The summed E-state index contributed by atoms with van der Waals surface area (Å²) in [4.78, 5) is 23.8. The van der Waals surface area contributed by atoms with Gasteiger partial charge in [0.25, 0.3) is 0 Å². The van der Waals surface area contributed by atoms with Crippen LogP contribution in [0.3, 0.4) is 0 Å². The van der Waals surface area contributed by atoms with E-state index in [0.29, 0.717) is 13.0 Å². The molecule has 5 heteroatoms. The van der Waals surface area contributed by atoms with Crippen molar-refractivity contribution in [2.24, 2.45) is 5.92 Å². The maximum atomic E-state index is 12.0. The van der Waals surface area contributed by atoms with Gasteiger partial charge in [-0.05, 0) is 26.2 Å². The normalized spacial score (nSPS) is 18.6. The van der Waals surface area contributed by atoms with Crippen molar-refractivity contribution in [3.8, 4) is 0 Å². The van der Waals surface area contributed by atoms with Crippen LogP contribution in [0, 0.1) is 5.92 Å². The van der Waals surface area contributed by atoms with Crippen LogP contribution in [0.5, 0.6) is 0 Å². The predicted molar refractivity (Wildman–Crippen MR) is 78.3 cm³/mol. The molecule has 0 aromatic carbocycles. The van der Waals surface area contributed by atoms with Crippen LogP contribution in [0.4, 0.5) is 0 Å². The van der Waals surface area contributed by atoms with Crippen molar-refractivity contribution in [2.45, 2.75) is 64.5 Å². The second kappa shape index (κ2) is 8.95. The Balaban J connectivity index is 2.27. The number of carbonyl (C=O) groups is 2. The number of ether oxygens (including phenoxy) is 1. The third-order valence-corrected chi connectivity index (χ3v) is 3.83. The number of amides is 2. The number of hydrogen-bond acceptors (Lipinski definition) is 3. The molecule has 0 saturated heterocycles. The number of nitrogens with one attached hydrogen (secondary N) is 2. The fourth-order valence-electron chi connectivity index (χ4n) is 2.63. The van der Waals surface area contributed by atoms with Gasteiger partial charge in [0.05, 0.1) is 12.6 Å². The monoisotopic (exact) mass is 284 g/mol. The summed E-state index contributed by atoms with van der Waals surface area (Å²) in [7, 11) is 1.62. The molecule has 5 nitrogen and oxygen atoms in total. The van der Waals surface area contributed by atoms with Crippen LogP contribution < -0.4 is 10.6 Å². The quantitative estimate of drug-likeness (QED) is 0.711. The van der Waals surface area contributed by atoms with Crippen molar-refractivity contribution in [1.82, 2.24) is 10.6 Å². The van der Waals surface area contributed by atoms with E-state index in [1.165, 1.54) is 0 Å². The first-order valence-corrected chi connectivity index (χ1v) is 7.65. The highest BCUT2D eigenvalue weighted by molar-refractivity contribution is 5.81. The van der Waals surface area contributed by atoms with Crippen molar-refractivity contribution < 1.29 is 14.3 Å². The second-order valence-corrected chi connectivity index (χ2v) is 5.72. The molecule has 0 heterocycles. The molecule has 2 N–H and O–H groups in total. The minimum absolute atomic E-state index is 0.0341. The maximum Gasteiger partial charge on any atom is 0.223 e. The lowest BCUT2D eigenvalue weighted by atomic mass is 10.1. The van der Waals surface area contributed by atoms with Gasteiger partial charge >= 0.3 is 0 Å². The molecule has 0 aromatic rings. The molecule has 0 spiro atoms. The van der Waals surface area contributed by atoms with Crippen LogP contribution in [0.1, 0.15) is 52.4 Å². The van der Waals surface area contributed by atoms with Gasteiger partial charge in [-0.25, -0.2) is 0 Å². The summed E-state index contributed by atoms with van der Waals surface area (Å²) >= 11 is 0. The lowest BCUT2D eigenvalue weighted by Crippen LogP contribution is -2.43. The summed E-state index contributed by atoms with van der Waals surface area (Å²) in [6.45, 7) is 4.41. The van der Waals surface area contributed by atoms with Crippen LogP contribution in [0.15, 0.2) is 0 Å². The first-order chi connectivity index (χ1) is 9.56. The van der Waals surface area contributed by atoms with E-state index in [4.69, 9.17) is 4.74 Å². The summed E-state index contributed by atoms with van der Waals surface area (Å²) in [5.41, 5.74) is 0. The van der Waals surface area contributed by atoms with Gasteiger partial charge in [0.1, 0.15) is 0 Å². The molecule has 1 aliphatic rings. The van der Waals surface area contributed by atoms with Crippen molar-refractivity contribution >= 4 is 11.8 Å². The Labute approximate surface area is 121 Å². The van der Waals surface area contributed by atoms with Crippen LogP contribution in [0.2, 0.25) is 0 Å². The SMILES string of the molecule is CC[C@H](COC)NC(=O)C[C@H](C)NC(=O)C1CCCC1. The Morgan fingerprint density at radius 1 is 1.25 bits per heavy atom. The lowest BCUT2D eigenvalue weighted by molar-refractivity contribution is -0.126. The molecule has 1 saturated carbocycles. The zero-order valence-electron chi connectivity index (χ0n) is 12.9. The standard InChI is InChI=1S/C15H28N2O3/c1-4-13(10-20-3)17-14(18)9-11(2)16-15(19)12-7-5-6-8-12/h11-13H,4-10H2,1-3H3,(H,16,19)(H,17,18)/t11-,13+/m0/s1. The Hall–Kier alpha value is -1.10. The zero-order chi connectivity index (χ0) is 15.0. The van der Waals surface area contributed by atoms with Crippen LogP contribution >= 0.6 is 0 Å². The molecule has 0 radical (unpaired) electrons. The van der Waals surface area contributed by atoms with Crippen LogP contribution in [-0.2, 0) is 14.3 Å². The number of rotatable bonds is 8. The Bertz CT molecular complexity index is 314. The van der Waals surface area contributed by atoms with Gasteiger partial charge in [-0.1, -0.05) is 19.8 Å². The molecule has 1 fully saturated rings. The predicted octanol–water partition coefficient (Wildman–Crippen LogP) is 1.61. The highest BCUT2D eigenvalue weighted by Gasteiger charge is 2.24. The van der Waals surface area contributed by atoms with Gasteiger partial charge in [0.2, 0.25) is 11.8 Å². The van der Waals surface area contributed by atoms with Gasteiger partial charge in [0.15, 0.2) is 0 Å². The molecule has 2 amide bonds. The van der Waals surface area contributed by atoms with Gasteiger partial charge in [-0.15, -0.1) is 0 Å².